The standard InChI is InChI=1S/C23H32N4O2/c1-5-25-23(26-10-7-18-6-9-24-15-17(18)2)27-11-8-19(16-27)20-12-21(28-3)14-22(13-20)29-4/h6,9,12-15,19H,5,7-8,10-11,16H2,1-4H3,(H,25,26). The molecular weight excluding hydrogens is 364 g/mol. The van der Waals surface area contributed by atoms with Crippen molar-refractivity contribution >= 4 is 5.96 Å². The van der Waals surface area contributed by atoms with Crippen molar-refractivity contribution in [2.75, 3.05) is 40.4 Å². The lowest BCUT2D eigenvalue weighted by atomic mass is 9.98. The third-order valence-electron chi connectivity index (χ3n) is 5.45. The van der Waals surface area contributed by atoms with Gasteiger partial charge < -0.3 is 19.7 Å². The lowest BCUT2D eigenvalue weighted by molar-refractivity contribution is 0.392. The number of nitrogens with one attached hydrogen (secondary N) is 1. The van der Waals surface area contributed by atoms with Gasteiger partial charge in [-0.15, -0.1) is 0 Å². The van der Waals surface area contributed by atoms with Crippen molar-refractivity contribution in [1.82, 2.24) is 15.2 Å². The average Bonchev–Trinajstić information content (AvgIpc) is 3.24. The van der Waals surface area contributed by atoms with Crippen LogP contribution in [-0.4, -0.2) is 56.2 Å². The summed E-state index contributed by atoms with van der Waals surface area (Å²) in [6.45, 7) is 7.77. The molecule has 0 radical (unpaired) electrons. The van der Waals surface area contributed by atoms with E-state index in [9.17, 15) is 0 Å². The minimum absolute atomic E-state index is 0.435. The Kier molecular flexibility index (Phi) is 7.33. The van der Waals surface area contributed by atoms with E-state index in [1.807, 2.05) is 18.5 Å². The highest BCUT2D eigenvalue weighted by molar-refractivity contribution is 5.80. The molecule has 0 amide bonds. The molecule has 0 spiro atoms. The summed E-state index contributed by atoms with van der Waals surface area (Å²) in [4.78, 5) is 11.4. The number of methoxy groups -OCH3 is 2. The number of ether oxygens (including phenoxy) is 2. The summed E-state index contributed by atoms with van der Waals surface area (Å²) in [6.07, 6.45) is 5.78. The van der Waals surface area contributed by atoms with E-state index >= 15 is 0 Å². The fourth-order valence-electron chi connectivity index (χ4n) is 3.78. The first kappa shape index (κ1) is 21.0. The number of nitrogens with zero attached hydrogens (tertiary/aromatic N) is 3. The number of aromatic nitrogens is 1. The van der Waals surface area contributed by atoms with Crippen molar-refractivity contribution < 1.29 is 9.47 Å². The van der Waals surface area contributed by atoms with E-state index in [1.54, 1.807) is 14.2 Å². The third kappa shape index (κ3) is 5.40. The maximum Gasteiger partial charge on any atom is 0.193 e. The Hall–Kier alpha value is -2.76. The molecular formula is C23H32N4O2. The number of guanidine groups is 1. The average molecular weight is 397 g/mol. The Morgan fingerprint density at radius 1 is 1.24 bits per heavy atom. The molecule has 0 bridgehead atoms. The van der Waals surface area contributed by atoms with Gasteiger partial charge in [-0.3, -0.25) is 9.98 Å². The van der Waals surface area contributed by atoms with E-state index in [4.69, 9.17) is 14.5 Å². The summed E-state index contributed by atoms with van der Waals surface area (Å²) in [5.41, 5.74) is 3.79. The summed E-state index contributed by atoms with van der Waals surface area (Å²) in [5, 5.41) is 3.46. The first-order valence-electron chi connectivity index (χ1n) is 10.3. The minimum Gasteiger partial charge on any atom is -0.497 e. The summed E-state index contributed by atoms with van der Waals surface area (Å²) >= 11 is 0. The number of aryl methyl sites for hydroxylation is 1. The SMILES string of the molecule is CCNC(=NCCc1ccncc1C)N1CCC(c2cc(OC)cc(OC)c2)C1. The van der Waals surface area contributed by atoms with Crippen LogP contribution in [0.25, 0.3) is 0 Å². The fourth-order valence-corrected chi connectivity index (χ4v) is 3.78. The quantitative estimate of drug-likeness (QED) is 0.574. The highest BCUT2D eigenvalue weighted by atomic mass is 16.5. The fraction of sp³-hybridized carbons (Fsp3) is 0.478. The van der Waals surface area contributed by atoms with Gasteiger partial charge in [-0.05, 0) is 61.6 Å². The molecule has 2 aromatic rings. The van der Waals surface area contributed by atoms with Crippen molar-refractivity contribution in [3.05, 3.63) is 53.3 Å². The molecule has 1 aromatic heterocycles. The zero-order chi connectivity index (χ0) is 20.6. The van der Waals surface area contributed by atoms with Crippen LogP contribution in [0.3, 0.4) is 0 Å². The molecule has 1 fully saturated rings. The molecule has 1 atom stereocenters. The maximum absolute atomic E-state index is 5.44. The second-order valence-electron chi connectivity index (χ2n) is 7.37. The molecule has 0 aliphatic carbocycles. The van der Waals surface area contributed by atoms with E-state index in [2.05, 4.69) is 47.2 Å². The molecule has 156 valence electrons. The molecule has 1 aliphatic heterocycles. The lowest BCUT2D eigenvalue weighted by Gasteiger charge is -2.22. The molecule has 3 rings (SSSR count). The van der Waals surface area contributed by atoms with Crippen LogP contribution in [0.15, 0.2) is 41.7 Å². The van der Waals surface area contributed by atoms with Crippen molar-refractivity contribution in [2.45, 2.75) is 32.6 Å². The van der Waals surface area contributed by atoms with Crippen molar-refractivity contribution in [3.63, 3.8) is 0 Å². The zero-order valence-electron chi connectivity index (χ0n) is 17.9. The Labute approximate surface area is 174 Å². The molecule has 6 heteroatoms. The molecule has 2 heterocycles. The van der Waals surface area contributed by atoms with E-state index < -0.39 is 0 Å². The van der Waals surface area contributed by atoms with Crippen LogP contribution in [0.1, 0.15) is 36.0 Å². The van der Waals surface area contributed by atoms with Gasteiger partial charge in [0.05, 0.1) is 14.2 Å². The monoisotopic (exact) mass is 396 g/mol. The van der Waals surface area contributed by atoms with Crippen molar-refractivity contribution in [1.29, 1.82) is 0 Å². The number of likely N-dealkylation sites (tertiary alicyclic amines) is 1. The van der Waals surface area contributed by atoms with Crippen molar-refractivity contribution in [2.24, 2.45) is 4.99 Å². The summed E-state index contributed by atoms with van der Waals surface area (Å²) in [6, 6.07) is 8.24. The highest BCUT2D eigenvalue weighted by Crippen LogP contribution is 2.32. The van der Waals surface area contributed by atoms with Crippen LogP contribution in [-0.2, 0) is 6.42 Å². The predicted molar refractivity (Wildman–Crippen MR) is 117 cm³/mol. The number of aliphatic imine (C=N–C) groups is 1. The largest absolute Gasteiger partial charge is 0.497 e. The third-order valence-corrected chi connectivity index (χ3v) is 5.45. The predicted octanol–water partition coefficient (Wildman–Crippen LogP) is 3.40. The van der Waals surface area contributed by atoms with Crippen molar-refractivity contribution in [3.8, 4) is 11.5 Å². The van der Waals surface area contributed by atoms with Gasteiger partial charge in [0, 0.05) is 50.6 Å². The Bertz CT molecular complexity index is 815. The van der Waals surface area contributed by atoms with Crippen LogP contribution < -0.4 is 14.8 Å². The first-order chi connectivity index (χ1) is 14.1. The zero-order valence-corrected chi connectivity index (χ0v) is 17.9. The van der Waals surface area contributed by atoms with Gasteiger partial charge in [0.15, 0.2) is 5.96 Å². The topological polar surface area (TPSA) is 59.0 Å². The maximum atomic E-state index is 5.44. The molecule has 1 aromatic carbocycles. The lowest BCUT2D eigenvalue weighted by Crippen LogP contribution is -2.40. The Morgan fingerprint density at radius 3 is 2.66 bits per heavy atom. The van der Waals surface area contributed by atoms with Gasteiger partial charge in [0.1, 0.15) is 11.5 Å². The molecule has 1 unspecified atom stereocenters. The molecule has 6 nitrogen and oxygen atoms in total. The van der Waals surface area contributed by atoms with Crippen LogP contribution >= 0.6 is 0 Å². The number of rotatable bonds is 7. The Balaban J connectivity index is 1.67. The second kappa shape index (κ2) is 10.1. The van der Waals surface area contributed by atoms with Gasteiger partial charge in [0.2, 0.25) is 0 Å². The number of hydrogen-bond acceptors (Lipinski definition) is 4. The van der Waals surface area contributed by atoms with Gasteiger partial charge in [-0.2, -0.15) is 0 Å². The number of benzene rings is 1. The molecule has 1 saturated heterocycles. The van der Waals surface area contributed by atoms with Crippen LogP contribution in [0, 0.1) is 6.92 Å². The molecule has 1 N–H and O–H groups in total. The number of hydrogen-bond donors (Lipinski definition) is 1. The number of pyridine rings is 1. The molecule has 29 heavy (non-hydrogen) atoms. The second-order valence-corrected chi connectivity index (χ2v) is 7.37. The minimum atomic E-state index is 0.435. The summed E-state index contributed by atoms with van der Waals surface area (Å²) in [7, 11) is 3.39. The van der Waals surface area contributed by atoms with Gasteiger partial charge in [-0.25, -0.2) is 0 Å². The van der Waals surface area contributed by atoms with E-state index in [1.165, 1.54) is 16.7 Å². The van der Waals surface area contributed by atoms with Gasteiger partial charge in [-0.1, -0.05) is 0 Å². The normalized spacial score (nSPS) is 16.8. The van der Waals surface area contributed by atoms with E-state index in [0.29, 0.717) is 5.92 Å². The van der Waals surface area contributed by atoms with Crippen LogP contribution in [0.5, 0.6) is 11.5 Å². The Morgan fingerprint density at radius 2 is 2.00 bits per heavy atom. The van der Waals surface area contributed by atoms with Crippen LogP contribution in [0.2, 0.25) is 0 Å². The summed E-state index contributed by atoms with van der Waals surface area (Å²) in [5.74, 6) is 3.11. The molecule has 0 saturated carbocycles. The van der Waals surface area contributed by atoms with Crippen LogP contribution in [0.4, 0.5) is 0 Å². The first-order valence-corrected chi connectivity index (χ1v) is 10.3. The highest BCUT2D eigenvalue weighted by Gasteiger charge is 2.26. The van der Waals surface area contributed by atoms with Gasteiger partial charge in [0.25, 0.3) is 0 Å². The summed E-state index contributed by atoms with van der Waals surface area (Å²) < 4.78 is 10.9. The van der Waals surface area contributed by atoms with Gasteiger partial charge >= 0.3 is 0 Å². The molecule has 1 aliphatic rings. The van der Waals surface area contributed by atoms with E-state index in [-0.39, 0.29) is 0 Å². The smallest absolute Gasteiger partial charge is 0.193 e. The van der Waals surface area contributed by atoms with E-state index in [0.717, 1.165) is 56.5 Å².